The third-order valence-corrected chi connectivity index (χ3v) is 4.64. The molecule has 0 saturated carbocycles. The molecule has 0 fully saturated rings. The molecule has 128 valence electrons. The zero-order valence-electron chi connectivity index (χ0n) is 13.4. The van der Waals surface area contributed by atoms with Crippen molar-refractivity contribution in [1.82, 2.24) is 10.2 Å². The highest BCUT2D eigenvalue weighted by atomic mass is 32.1. The maximum absolute atomic E-state index is 13.3. The van der Waals surface area contributed by atoms with Crippen molar-refractivity contribution in [3.05, 3.63) is 57.8 Å². The highest BCUT2D eigenvalue weighted by molar-refractivity contribution is 7.12. The lowest BCUT2D eigenvalue weighted by molar-refractivity contribution is -0.131. The molecule has 2 rings (SSSR count). The maximum atomic E-state index is 13.3. The van der Waals surface area contributed by atoms with Gasteiger partial charge < -0.3 is 10.2 Å². The first-order valence-corrected chi connectivity index (χ1v) is 8.30. The molecule has 0 unspecified atom stereocenters. The van der Waals surface area contributed by atoms with Crippen LogP contribution >= 0.6 is 11.3 Å². The van der Waals surface area contributed by atoms with Gasteiger partial charge in [-0.15, -0.1) is 11.3 Å². The summed E-state index contributed by atoms with van der Waals surface area (Å²) < 4.78 is 26.3. The Morgan fingerprint density at radius 3 is 2.62 bits per heavy atom. The normalized spacial score (nSPS) is 11.8. The second kappa shape index (κ2) is 8.01. The van der Waals surface area contributed by atoms with Gasteiger partial charge in [0, 0.05) is 20.0 Å². The minimum atomic E-state index is -0.941. The average Bonchev–Trinajstić information content (AvgIpc) is 3.10. The van der Waals surface area contributed by atoms with Crippen molar-refractivity contribution in [3.8, 4) is 0 Å². The first-order valence-electron chi connectivity index (χ1n) is 7.42. The van der Waals surface area contributed by atoms with E-state index in [4.69, 9.17) is 0 Å². The number of hydrogen-bond donors (Lipinski definition) is 1. The molecular formula is C17H18F2N2O2S. The summed E-state index contributed by atoms with van der Waals surface area (Å²) in [5.74, 6) is -2.27. The number of rotatable bonds is 6. The van der Waals surface area contributed by atoms with Crippen LogP contribution in [0.15, 0.2) is 35.7 Å². The van der Waals surface area contributed by atoms with Crippen molar-refractivity contribution in [2.75, 3.05) is 13.6 Å². The van der Waals surface area contributed by atoms with Crippen molar-refractivity contribution in [2.45, 2.75) is 19.4 Å². The summed E-state index contributed by atoms with van der Waals surface area (Å²) in [6, 6.07) is 6.66. The minimum absolute atomic E-state index is 0.127. The third kappa shape index (κ3) is 4.38. The second-order valence-corrected chi connectivity index (χ2v) is 6.29. The van der Waals surface area contributed by atoms with Crippen LogP contribution in [0.2, 0.25) is 0 Å². The van der Waals surface area contributed by atoms with Gasteiger partial charge in [0.05, 0.1) is 10.9 Å². The molecular weight excluding hydrogens is 334 g/mol. The fourth-order valence-corrected chi connectivity index (χ4v) is 2.81. The second-order valence-electron chi connectivity index (χ2n) is 5.34. The van der Waals surface area contributed by atoms with E-state index >= 15 is 0 Å². The third-order valence-electron chi connectivity index (χ3n) is 3.77. The summed E-state index contributed by atoms with van der Waals surface area (Å²) >= 11 is 1.33. The van der Waals surface area contributed by atoms with Crippen LogP contribution in [0, 0.1) is 11.6 Å². The van der Waals surface area contributed by atoms with E-state index in [1.807, 2.05) is 0 Å². The first-order chi connectivity index (χ1) is 11.4. The smallest absolute Gasteiger partial charge is 0.261 e. The highest BCUT2D eigenvalue weighted by Crippen LogP contribution is 2.21. The van der Waals surface area contributed by atoms with Gasteiger partial charge in [-0.3, -0.25) is 9.59 Å². The van der Waals surface area contributed by atoms with Crippen LogP contribution in [0.25, 0.3) is 0 Å². The van der Waals surface area contributed by atoms with Gasteiger partial charge >= 0.3 is 0 Å². The van der Waals surface area contributed by atoms with E-state index in [0.717, 1.165) is 12.1 Å². The Morgan fingerprint density at radius 1 is 1.25 bits per heavy atom. The van der Waals surface area contributed by atoms with Crippen LogP contribution in [0.1, 0.15) is 34.6 Å². The molecule has 0 spiro atoms. The first kappa shape index (κ1) is 18.1. The van der Waals surface area contributed by atoms with Crippen LogP contribution in [-0.4, -0.2) is 30.3 Å². The minimum Gasteiger partial charge on any atom is -0.351 e. The molecule has 24 heavy (non-hydrogen) atoms. The van der Waals surface area contributed by atoms with Crippen molar-refractivity contribution in [2.24, 2.45) is 0 Å². The van der Waals surface area contributed by atoms with Crippen molar-refractivity contribution >= 4 is 23.2 Å². The van der Waals surface area contributed by atoms with E-state index in [1.165, 1.54) is 22.3 Å². The topological polar surface area (TPSA) is 49.4 Å². The average molecular weight is 352 g/mol. The highest BCUT2D eigenvalue weighted by Gasteiger charge is 2.18. The lowest BCUT2D eigenvalue weighted by atomic mass is 10.1. The molecule has 0 radical (unpaired) electrons. The Bertz CT molecular complexity index is 719. The van der Waals surface area contributed by atoms with Crippen molar-refractivity contribution in [1.29, 1.82) is 0 Å². The molecule has 2 aromatic rings. The number of thiophene rings is 1. The van der Waals surface area contributed by atoms with Gasteiger partial charge in [0.15, 0.2) is 11.6 Å². The zero-order chi connectivity index (χ0) is 17.7. The SMILES string of the molecule is C[C@@H](c1ccc(F)c(F)c1)N(C)C(=O)CCNC(=O)c1cccs1. The van der Waals surface area contributed by atoms with Crippen LogP contribution in [-0.2, 0) is 4.79 Å². The summed E-state index contributed by atoms with van der Waals surface area (Å²) in [5.41, 5.74) is 0.507. The molecule has 0 saturated heterocycles. The number of halogens is 2. The molecule has 0 aliphatic heterocycles. The summed E-state index contributed by atoms with van der Waals surface area (Å²) in [4.78, 5) is 26.0. The predicted octanol–water partition coefficient (Wildman–Crippen LogP) is 3.37. The maximum Gasteiger partial charge on any atom is 0.261 e. The van der Waals surface area contributed by atoms with Crippen LogP contribution in [0.4, 0.5) is 8.78 Å². The Balaban J connectivity index is 1.87. The summed E-state index contributed by atoms with van der Waals surface area (Å²) in [6.07, 6.45) is 0.127. The van der Waals surface area contributed by atoms with Gasteiger partial charge in [0.1, 0.15) is 0 Å². The zero-order valence-corrected chi connectivity index (χ0v) is 14.2. The number of amides is 2. The fourth-order valence-electron chi connectivity index (χ4n) is 2.17. The summed E-state index contributed by atoms with van der Waals surface area (Å²) in [5, 5.41) is 4.48. The molecule has 1 aromatic heterocycles. The van der Waals surface area contributed by atoms with Crippen LogP contribution in [0.3, 0.4) is 0 Å². The standard InChI is InChI=1S/C17H18F2N2O2S/c1-11(12-5-6-13(18)14(19)10-12)21(2)16(22)7-8-20-17(23)15-4-3-9-24-15/h3-6,9-11H,7-8H2,1-2H3,(H,20,23)/t11-/m0/s1. The predicted molar refractivity (Wildman–Crippen MR) is 88.8 cm³/mol. The Labute approximate surface area is 143 Å². The molecule has 2 amide bonds. The Morgan fingerprint density at radius 2 is 2.00 bits per heavy atom. The Hall–Kier alpha value is -2.28. The van der Waals surface area contributed by atoms with Crippen LogP contribution < -0.4 is 5.32 Å². The molecule has 4 nitrogen and oxygen atoms in total. The molecule has 0 bridgehead atoms. The van der Waals surface area contributed by atoms with Gasteiger partial charge in [-0.2, -0.15) is 0 Å². The molecule has 7 heteroatoms. The monoisotopic (exact) mass is 352 g/mol. The van der Waals surface area contributed by atoms with Gasteiger partial charge in [0.25, 0.3) is 5.91 Å². The van der Waals surface area contributed by atoms with E-state index < -0.39 is 17.7 Å². The molecule has 1 atom stereocenters. The van der Waals surface area contributed by atoms with E-state index in [2.05, 4.69) is 5.32 Å². The van der Waals surface area contributed by atoms with Crippen molar-refractivity contribution in [3.63, 3.8) is 0 Å². The number of carbonyl (C=O) groups is 2. The van der Waals surface area contributed by atoms with E-state index in [-0.39, 0.29) is 24.8 Å². The number of hydrogen-bond acceptors (Lipinski definition) is 3. The molecule has 1 heterocycles. The molecule has 1 aromatic carbocycles. The number of carbonyl (C=O) groups excluding carboxylic acids is 2. The van der Waals surface area contributed by atoms with E-state index in [9.17, 15) is 18.4 Å². The van der Waals surface area contributed by atoms with Gasteiger partial charge in [0.2, 0.25) is 5.91 Å². The fraction of sp³-hybridized carbons (Fsp3) is 0.294. The quantitative estimate of drug-likeness (QED) is 0.867. The molecule has 1 N–H and O–H groups in total. The largest absolute Gasteiger partial charge is 0.351 e. The van der Waals surface area contributed by atoms with Gasteiger partial charge in [-0.1, -0.05) is 12.1 Å². The Kier molecular flexibility index (Phi) is 6.03. The van der Waals surface area contributed by atoms with E-state index in [1.54, 1.807) is 31.5 Å². The lowest BCUT2D eigenvalue weighted by Gasteiger charge is -2.25. The van der Waals surface area contributed by atoms with E-state index in [0.29, 0.717) is 10.4 Å². The van der Waals surface area contributed by atoms with Crippen LogP contribution in [0.5, 0.6) is 0 Å². The number of nitrogens with one attached hydrogen (secondary N) is 1. The van der Waals surface area contributed by atoms with Gasteiger partial charge in [-0.05, 0) is 36.1 Å². The lowest BCUT2D eigenvalue weighted by Crippen LogP contribution is -2.33. The number of nitrogens with zero attached hydrogens (tertiary/aromatic N) is 1. The number of benzene rings is 1. The molecule has 0 aliphatic carbocycles. The van der Waals surface area contributed by atoms with Crippen molar-refractivity contribution < 1.29 is 18.4 Å². The molecule has 0 aliphatic rings. The summed E-state index contributed by atoms with van der Waals surface area (Å²) in [7, 11) is 1.59. The summed E-state index contributed by atoms with van der Waals surface area (Å²) in [6.45, 7) is 1.94. The van der Waals surface area contributed by atoms with Gasteiger partial charge in [-0.25, -0.2) is 8.78 Å².